The maximum absolute atomic E-state index is 14.2. The summed E-state index contributed by atoms with van der Waals surface area (Å²) >= 11 is 1.36. The molecule has 11 nitrogen and oxygen atoms in total. The first-order valence-electron chi connectivity index (χ1n) is 15.2. The molecular weight excluding hydrogens is 584 g/mol. The van der Waals surface area contributed by atoms with Gasteiger partial charge in [0.1, 0.15) is 23.1 Å². The Morgan fingerprint density at radius 3 is 2.70 bits per heavy atom. The summed E-state index contributed by atoms with van der Waals surface area (Å²) in [7, 11) is 1.64. The average Bonchev–Trinajstić information content (AvgIpc) is 3.66. The summed E-state index contributed by atoms with van der Waals surface area (Å²) in [5.41, 5.74) is 0.670. The lowest BCUT2D eigenvalue weighted by atomic mass is 10.0. The van der Waals surface area contributed by atoms with E-state index in [0.717, 1.165) is 67.7 Å². The van der Waals surface area contributed by atoms with E-state index in [1.165, 1.54) is 32.9 Å². The first-order valence-corrected chi connectivity index (χ1v) is 16.0. The number of hydrogen-bond acceptors (Lipinski definition) is 10. The third-order valence-electron chi connectivity index (χ3n) is 8.64. The van der Waals surface area contributed by atoms with Gasteiger partial charge in [0, 0.05) is 36.4 Å². The van der Waals surface area contributed by atoms with Crippen LogP contribution in [-0.4, -0.2) is 71.4 Å². The van der Waals surface area contributed by atoms with Crippen molar-refractivity contribution in [3.05, 3.63) is 73.6 Å². The van der Waals surface area contributed by atoms with Crippen molar-refractivity contribution in [2.75, 3.05) is 40.0 Å². The summed E-state index contributed by atoms with van der Waals surface area (Å²) < 4.78 is 26.4. The highest BCUT2D eigenvalue weighted by molar-refractivity contribution is 7.18. The molecule has 6 rings (SSSR count). The van der Waals surface area contributed by atoms with Crippen LogP contribution in [0.15, 0.2) is 50.7 Å². The predicted molar refractivity (Wildman–Crippen MR) is 166 cm³/mol. The smallest absolute Gasteiger partial charge is 0.340 e. The molecule has 44 heavy (non-hydrogen) atoms. The molecule has 0 radical (unpaired) electrons. The minimum atomic E-state index is -0.610. The van der Waals surface area contributed by atoms with Crippen LogP contribution in [0.2, 0.25) is 0 Å². The zero-order valence-electron chi connectivity index (χ0n) is 25.1. The molecule has 2 fully saturated rings. The molecular formula is C32H38N4O7S. The highest BCUT2D eigenvalue weighted by Gasteiger charge is 2.30. The van der Waals surface area contributed by atoms with Crippen LogP contribution in [0.4, 0.5) is 0 Å². The number of aromatic nitrogens is 3. The Kier molecular flexibility index (Phi) is 9.41. The van der Waals surface area contributed by atoms with Crippen LogP contribution in [-0.2, 0) is 20.7 Å². The number of aryl methyl sites for hydroxylation is 1. The summed E-state index contributed by atoms with van der Waals surface area (Å²) in [6.07, 6.45) is 7.92. The van der Waals surface area contributed by atoms with Gasteiger partial charge in [-0.1, -0.05) is 18.2 Å². The Balaban J connectivity index is 1.45. The standard InChI is InChI=1S/C32H38N4O7S/c1-21-27(18-26(24-9-3-4-10-25(24)40-2)43-20-23-8-5-6-16-41-23)44-30-28(21)29(38)35(22(11-15-37)19-34-13-7-14-34)32(39)36(30)31-33-12-17-42-31/h3-4,9-10,12,15,17,22-23,26H,5-8,11,13-14,16,18-20H2,1-2H3/t22?,23?,26-/m1/s1. The second-order valence-electron chi connectivity index (χ2n) is 11.4. The molecule has 3 atom stereocenters. The van der Waals surface area contributed by atoms with Gasteiger partial charge < -0.3 is 28.3 Å². The third kappa shape index (κ3) is 6.03. The van der Waals surface area contributed by atoms with Gasteiger partial charge in [0.25, 0.3) is 5.56 Å². The summed E-state index contributed by atoms with van der Waals surface area (Å²) in [6.45, 7) is 5.25. The van der Waals surface area contributed by atoms with Crippen LogP contribution < -0.4 is 16.0 Å². The van der Waals surface area contributed by atoms with Gasteiger partial charge in [-0.2, -0.15) is 0 Å². The van der Waals surface area contributed by atoms with Gasteiger partial charge in [0.15, 0.2) is 0 Å². The summed E-state index contributed by atoms with van der Waals surface area (Å²) in [6, 6.07) is 7.23. The number of para-hydroxylation sites is 1. The fourth-order valence-electron chi connectivity index (χ4n) is 6.12. The molecule has 0 amide bonds. The molecule has 2 saturated heterocycles. The van der Waals surface area contributed by atoms with Gasteiger partial charge in [0.2, 0.25) is 0 Å². The van der Waals surface area contributed by atoms with E-state index in [9.17, 15) is 14.4 Å². The number of oxazole rings is 1. The maximum Gasteiger partial charge on any atom is 0.340 e. The van der Waals surface area contributed by atoms with Crippen molar-refractivity contribution in [1.29, 1.82) is 0 Å². The van der Waals surface area contributed by atoms with E-state index in [4.69, 9.17) is 18.6 Å². The Morgan fingerprint density at radius 1 is 1.18 bits per heavy atom. The van der Waals surface area contributed by atoms with Crippen molar-refractivity contribution in [3.63, 3.8) is 0 Å². The number of nitrogens with zero attached hydrogens (tertiary/aromatic N) is 4. The van der Waals surface area contributed by atoms with Gasteiger partial charge in [0.05, 0.1) is 43.5 Å². The van der Waals surface area contributed by atoms with Crippen LogP contribution in [0.25, 0.3) is 16.2 Å². The number of rotatable bonds is 13. The first kappa shape index (κ1) is 30.4. The number of ether oxygens (including phenoxy) is 3. The number of methoxy groups -OCH3 is 1. The van der Waals surface area contributed by atoms with Crippen LogP contribution in [0.5, 0.6) is 5.75 Å². The summed E-state index contributed by atoms with van der Waals surface area (Å²) in [4.78, 5) is 47.8. The van der Waals surface area contributed by atoms with E-state index in [2.05, 4.69) is 9.88 Å². The van der Waals surface area contributed by atoms with Crippen LogP contribution in [0.3, 0.4) is 0 Å². The quantitative estimate of drug-likeness (QED) is 0.202. The molecule has 0 spiro atoms. The summed E-state index contributed by atoms with van der Waals surface area (Å²) in [5, 5.41) is 0.414. The lowest BCUT2D eigenvalue weighted by molar-refractivity contribution is -0.108. The van der Waals surface area contributed by atoms with Crippen molar-refractivity contribution in [1.82, 2.24) is 19.0 Å². The Bertz CT molecular complexity index is 1700. The van der Waals surface area contributed by atoms with E-state index in [1.54, 1.807) is 7.11 Å². The van der Waals surface area contributed by atoms with E-state index in [-0.39, 0.29) is 24.6 Å². The van der Waals surface area contributed by atoms with Crippen molar-refractivity contribution in [2.45, 2.75) is 63.7 Å². The fraction of sp³-hybridized carbons (Fsp3) is 0.500. The molecule has 12 heteroatoms. The largest absolute Gasteiger partial charge is 0.496 e. The Hall–Kier alpha value is -3.58. The fourth-order valence-corrected chi connectivity index (χ4v) is 7.44. The molecule has 3 aromatic heterocycles. The number of thiophene rings is 1. The third-order valence-corrected chi connectivity index (χ3v) is 9.93. The van der Waals surface area contributed by atoms with Crippen molar-refractivity contribution in [3.8, 4) is 11.8 Å². The molecule has 2 aliphatic heterocycles. The van der Waals surface area contributed by atoms with Crippen LogP contribution in [0, 0.1) is 6.92 Å². The minimum absolute atomic E-state index is 0.0213. The molecule has 234 valence electrons. The second-order valence-corrected chi connectivity index (χ2v) is 12.5. The maximum atomic E-state index is 14.2. The molecule has 2 aliphatic rings. The second kappa shape index (κ2) is 13.6. The first-order chi connectivity index (χ1) is 21.5. The highest BCUT2D eigenvalue weighted by atomic mass is 32.1. The Morgan fingerprint density at radius 2 is 2.02 bits per heavy atom. The molecule has 0 bridgehead atoms. The molecule has 0 aliphatic carbocycles. The lowest BCUT2D eigenvalue weighted by Crippen LogP contribution is -2.48. The van der Waals surface area contributed by atoms with Gasteiger partial charge in [-0.05, 0) is 57.3 Å². The van der Waals surface area contributed by atoms with Gasteiger partial charge >= 0.3 is 11.7 Å². The topological polar surface area (TPSA) is 118 Å². The molecule has 4 aromatic rings. The summed E-state index contributed by atoms with van der Waals surface area (Å²) in [5.74, 6) is 0.711. The number of benzene rings is 1. The average molecular weight is 623 g/mol. The Labute approximate surface area is 259 Å². The predicted octanol–water partition coefficient (Wildman–Crippen LogP) is 4.22. The van der Waals surface area contributed by atoms with E-state index in [0.29, 0.717) is 35.5 Å². The molecule has 0 saturated carbocycles. The highest BCUT2D eigenvalue weighted by Crippen LogP contribution is 2.37. The number of aldehydes is 1. The SMILES string of the molecule is COc1ccccc1[C@@H](Cc1sc2c(c1C)c(=O)n(C(CC=O)CN1CCC1)c(=O)n2-c1ncco1)OCC1CCCCO1. The number of fused-ring (bicyclic) bond motifs is 1. The van der Waals surface area contributed by atoms with Gasteiger partial charge in [-0.3, -0.25) is 9.36 Å². The zero-order valence-corrected chi connectivity index (χ0v) is 25.9. The van der Waals surface area contributed by atoms with E-state index < -0.39 is 17.3 Å². The van der Waals surface area contributed by atoms with Crippen molar-refractivity contribution < 1.29 is 23.4 Å². The number of likely N-dealkylation sites (tertiary alicyclic amines) is 1. The van der Waals surface area contributed by atoms with E-state index in [1.807, 2.05) is 31.2 Å². The lowest BCUT2D eigenvalue weighted by Gasteiger charge is -2.34. The minimum Gasteiger partial charge on any atom is -0.496 e. The van der Waals surface area contributed by atoms with Crippen molar-refractivity contribution in [2.24, 2.45) is 0 Å². The normalized spacial score (nSPS) is 18.6. The van der Waals surface area contributed by atoms with Crippen LogP contribution in [0.1, 0.15) is 60.3 Å². The molecule has 0 N–H and O–H groups in total. The van der Waals surface area contributed by atoms with Gasteiger partial charge in [-0.25, -0.2) is 14.3 Å². The van der Waals surface area contributed by atoms with Crippen LogP contribution >= 0.6 is 11.3 Å². The molecule has 5 heterocycles. The zero-order chi connectivity index (χ0) is 30.6. The number of carbonyl (C=O) groups excluding carboxylic acids is 1. The molecule has 2 unspecified atom stereocenters. The number of carbonyl (C=O) groups is 1. The van der Waals surface area contributed by atoms with Gasteiger partial charge in [-0.15, -0.1) is 11.3 Å². The monoisotopic (exact) mass is 622 g/mol. The van der Waals surface area contributed by atoms with Crippen molar-refractivity contribution >= 4 is 27.8 Å². The number of hydrogen-bond donors (Lipinski definition) is 0. The van der Waals surface area contributed by atoms with E-state index >= 15 is 0 Å². The molecule has 1 aromatic carbocycles.